The molecular weight excluding hydrogens is 471 g/mol. The number of pyridine rings is 1. The van der Waals surface area contributed by atoms with Crippen LogP contribution in [0.2, 0.25) is 0 Å². The summed E-state index contributed by atoms with van der Waals surface area (Å²) in [6, 6.07) is 9.26. The van der Waals surface area contributed by atoms with Crippen molar-refractivity contribution in [3.63, 3.8) is 0 Å². The summed E-state index contributed by atoms with van der Waals surface area (Å²) in [5.41, 5.74) is 2.47. The molecule has 3 atom stereocenters. The number of hydrogen-bond donors (Lipinski definition) is 1. The van der Waals surface area contributed by atoms with Crippen LogP contribution in [0.5, 0.6) is 5.75 Å². The molecular formula is C29H37FN4O3. The van der Waals surface area contributed by atoms with Crippen LogP contribution < -0.4 is 4.74 Å². The number of fused-ring (bicyclic) bond motifs is 1. The van der Waals surface area contributed by atoms with E-state index in [1.54, 1.807) is 31.9 Å². The van der Waals surface area contributed by atoms with Crippen molar-refractivity contribution in [2.24, 2.45) is 11.8 Å². The highest BCUT2D eigenvalue weighted by molar-refractivity contribution is 5.83. The van der Waals surface area contributed by atoms with Gasteiger partial charge in [0.25, 0.3) is 0 Å². The van der Waals surface area contributed by atoms with Crippen molar-refractivity contribution >= 4 is 16.9 Å². The molecule has 0 saturated carbocycles. The molecule has 198 valence electrons. The molecule has 1 fully saturated rings. The number of aliphatic carboxylic acids is 1. The number of likely N-dealkylation sites (tertiary alicyclic amines) is 1. The van der Waals surface area contributed by atoms with E-state index in [1.165, 1.54) is 0 Å². The van der Waals surface area contributed by atoms with Gasteiger partial charge in [0.2, 0.25) is 0 Å². The Kier molecular flexibility index (Phi) is 9.77. The van der Waals surface area contributed by atoms with Crippen LogP contribution >= 0.6 is 0 Å². The lowest BCUT2D eigenvalue weighted by Crippen LogP contribution is -2.41. The van der Waals surface area contributed by atoms with Gasteiger partial charge in [-0.1, -0.05) is 0 Å². The van der Waals surface area contributed by atoms with Crippen LogP contribution in [0.1, 0.15) is 62.4 Å². The van der Waals surface area contributed by atoms with Gasteiger partial charge in [-0.25, -0.2) is 14.4 Å². The average molecular weight is 509 g/mol. The van der Waals surface area contributed by atoms with E-state index in [9.17, 15) is 9.90 Å². The molecule has 1 aliphatic rings. The Morgan fingerprint density at radius 3 is 2.84 bits per heavy atom. The van der Waals surface area contributed by atoms with Crippen LogP contribution in [0.3, 0.4) is 0 Å². The number of benzene rings is 1. The topological polar surface area (TPSA) is 88.4 Å². The van der Waals surface area contributed by atoms with Gasteiger partial charge in [0, 0.05) is 36.4 Å². The minimum atomic E-state index is -1.10. The number of carboxylic acids is 1. The fraction of sp³-hybridized carbons (Fsp3) is 0.517. The molecule has 7 nitrogen and oxygen atoms in total. The highest BCUT2D eigenvalue weighted by Gasteiger charge is 2.30. The molecule has 1 aliphatic heterocycles. The van der Waals surface area contributed by atoms with Crippen molar-refractivity contribution in [3.8, 4) is 5.75 Å². The maximum atomic E-state index is 15.5. The van der Waals surface area contributed by atoms with Crippen LogP contribution in [0.25, 0.3) is 10.9 Å². The van der Waals surface area contributed by atoms with E-state index >= 15 is 4.39 Å². The van der Waals surface area contributed by atoms with Crippen molar-refractivity contribution in [1.29, 1.82) is 0 Å². The van der Waals surface area contributed by atoms with Crippen molar-refractivity contribution in [2.45, 2.75) is 57.5 Å². The highest BCUT2D eigenvalue weighted by atomic mass is 19.1. The maximum Gasteiger partial charge on any atom is 0.303 e. The molecule has 8 heteroatoms. The van der Waals surface area contributed by atoms with E-state index in [4.69, 9.17) is 4.74 Å². The van der Waals surface area contributed by atoms with Crippen LogP contribution in [0, 0.1) is 11.8 Å². The van der Waals surface area contributed by atoms with Gasteiger partial charge >= 0.3 is 5.97 Å². The molecule has 37 heavy (non-hydrogen) atoms. The van der Waals surface area contributed by atoms with Crippen molar-refractivity contribution in [2.75, 3.05) is 26.7 Å². The standard InChI is InChI=1S/C29H37FN4O3/c1-37-24-7-9-28-26(18-24)25(12-15-32-28)27(30)8-5-21-13-17-34(19-22(21)6-10-29(35)36)16-3-2-4-23-11-14-31-20-33-23/h7,9,11-12,14-15,18,20-22,27H,2-6,8,10,13,16-17,19H2,1H3,(H,35,36)/t21-,22-,27-/m1/s1. The minimum absolute atomic E-state index is 0.163. The number of methoxy groups -OCH3 is 1. The van der Waals surface area contributed by atoms with Gasteiger partial charge in [0.15, 0.2) is 0 Å². The second-order valence-electron chi connectivity index (χ2n) is 10.0. The number of hydrogen-bond acceptors (Lipinski definition) is 6. The molecule has 1 saturated heterocycles. The Labute approximate surface area is 218 Å². The molecule has 3 heterocycles. The summed E-state index contributed by atoms with van der Waals surface area (Å²) in [5.74, 6) is 0.527. The van der Waals surface area contributed by atoms with Gasteiger partial charge in [-0.2, -0.15) is 0 Å². The molecule has 4 rings (SSSR count). The molecule has 0 radical (unpaired) electrons. The number of alkyl halides is 1. The lowest BCUT2D eigenvalue weighted by molar-refractivity contribution is -0.137. The molecule has 2 aromatic heterocycles. The van der Waals surface area contributed by atoms with E-state index in [0.717, 1.165) is 68.3 Å². The van der Waals surface area contributed by atoms with Crippen molar-refractivity contribution in [1.82, 2.24) is 19.9 Å². The van der Waals surface area contributed by atoms with Crippen LogP contribution in [-0.4, -0.2) is 57.7 Å². The van der Waals surface area contributed by atoms with E-state index in [1.807, 2.05) is 24.3 Å². The highest BCUT2D eigenvalue weighted by Crippen LogP contribution is 2.36. The Balaban J connectivity index is 1.32. The summed E-state index contributed by atoms with van der Waals surface area (Å²) >= 11 is 0. The first kappa shape index (κ1) is 26.9. The van der Waals surface area contributed by atoms with Crippen molar-refractivity contribution in [3.05, 3.63) is 60.3 Å². The van der Waals surface area contributed by atoms with Gasteiger partial charge < -0.3 is 14.7 Å². The van der Waals surface area contributed by atoms with E-state index in [-0.39, 0.29) is 12.3 Å². The number of unbranched alkanes of at least 4 members (excludes halogenated alkanes) is 1. The fourth-order valence-corrected chi connectivity index (χ4v) is 5.55. The third kappa shape index (κ3) is 7.68. The number of piperidine rings is 1. The number of aromatic nitrogens is 3. The number of carboxylic acid groups (broad SMARTS) is 1. The number of aryl methyl sites for hydroxylation is 1. The summed E-state index contributed by atoms with van der Waals surface area (Å²) in [5, 5.41) is 10.1. The predicted octanol–water partition coefficient (Wildman–Crippen LogP) is 5.65. The monoisotopic (exact) mass is 508 g/mol. The largest absolute Gasteiger partial charge is 0.497 e. The molecule has 1 aromatic carbocycles. The number of ether oxygens (including phenoxy) is 1. The van der Waals surface area contributed by atoms with Gasteiger partial charge in [0.05, 0.1) is 12.6 Å². The lowest BCUT2D eigenvalue weighted by Gasteiger charge is -2.39. The zero-order valence-corrected chi connectivity index (χ0v) is 21.6. The van der Waals surface area contributed by atoms with Gasteiger partial charge in [-0.05, 0) is 106 Å². The third-order valence-corrected chi connectivity index (χ3v) is 7.62. The average Bonchev–Trinajstić information content (AvgIpc) is 2.93. The van der Waals surface area contributed by atoms with E-state index in [0.29, 0.717) is 30.1 Å². The predicted molar refractivity (Wildman–Crippen MR) is 141 cm³/mol. The molecule has 0 spiro atoms. The first-order valence-electron chi connectivity index (χ1n) is 13.3. The van der Waals surface area contributed by atoms with Crippen LogP contribution in [-0.2, 0) is 11.2 Å². The van der Waals surface area contributed by atoms with Gasteiger partial charge in [-0.3, -0.25) is 9.78 Å². The third-order valence-electron chi connectivity index (χ3n) is 7.62. The molecule has 0 aliphatic carbocycles. The lowest BCUT2D eigenvalue weighted by atomic mass is 9.79. The zero-order valence-electron chi connectivity index (χ0n) is 21.6. The smallest absolute Gasteiger partial charge is 0.303 e. The Morgan fingerprint density at radius 1 is 1.16 bits per heavy atom. The fourth-order valence-electron chi connectivity index (χ4n) is 5.55. The zero-order chi connectivity index (χ0) is 26.0. The Morgan fingerprint density at radius 2 is 2.05 bits per heavy atom. The summed E-state index contributed by atoms with van der Waals surface area (Å²) in [7, 11) is 1.60. The summed E-state index contributed by atoms with van der Waals surface area (Å²) in [4.78, 5) is 26.4. The second kappa shape index (κ2) is 13.4. The molecule has 3 aromatic rings. The van der Waals surface area contributed by atoms with E-state index in [2.05, 4.69) is 19.9 Å². The maximum absolute atomic E-state index is 15.5. The molecule has 0 amide bonds. The van der Waals surface area contributed by atoms with E-state index < -0.39 is 12.1 Å². The number of nitrogens with zero attached hydrogens (tertiary/aromatic N) is 4. The van der Waals surface area contributed by atoms with Crippen LogP contribution in [0.4, 0.5) is 4.39 Å². The second-order valence-corrected chi connectivity index (χ2v) is 10.0. The number of rotatable bonds is 13. The quantitative estimate of drug-likeness (QED) is 0.299. The molecule has 0 unspecified atom stereocenters. The van der Waals surface area contributed by atoms with Gasteiger partial charge in [-0.15, -0.1) is 0 Å². The summed E-state index contributed by atoms with van der Waals surface area (Å²) in [6.45, 7) is 2.86. The minimum Gasteiger partial charge on any atom is -0.497 e. The van der Waals surface area contributed by atoms with Crippen LogP contribution in [0.15, 0.2) is 49.1 Å². The Bertz CT molecular complexity index is 1150. The summed E-state index contributed by atoms with van der Waals surface area (Å²) in [6.07, 6.45) is 9.95. The first-order chi connectivity index (χ1) is 18.0. The number of carbonyl (C=O) groups is 1. The number of halogens is 1. The van der Waals surface area contributed by atoms with Crippen molar-refractivity contribution < 1.29 is 19.0 Å². The SMILES string of the molecule is COc1ccc2nccc([C@H](F)CC[C@@H]3CCN(CCCCc4ccncn4)C[C@H]3CCC(=O)O)c2c1. The summed E-state index contributed by atoms with van der Waals surface area (Å²) < 4.78 is 20.9. The van der Waals surface area contributed by atoms with Gasteiger partial charge in [0.1, 0.15) is 18.2 Å². The molecule has 1 N–H and O–H groups in total. The molecule has 0 bridgehead atoms. The first-order valence-corrected chi connectivity index (χ1v) is 13.3. The normalized spacial score (nSPS) is 19.1. The Hall–Kier alpha value is -3.13.